The predicted octanol–water partition coefficient (Wildman–Crippen LogP) is 15.8. The number of para-hydroxylation sites is 1. The molecule has 2 heteroatoms. The Labute approximate surface area is 355 Å². The lowest BCUT2D eigenvalue weighted by atomic mass is 9.70. The van der Waals surface area contributed by atoms with E-state index in [0.29, 0.717) is 0 Å². The fourth-order valence-electron chi connectivity index (χ4n) is 10.8. The van der Waals surface area contributed by atoms with Gasteiger partial charge < -0.3 is 9.64 Å². The van der Waals surface area contributed by atoms with Crippen LogP contribution in [0.1, 0.15) is 22.3 Å². The lowest BCUT2D eigenvalue weighted by Gasteiger charge is -2.32. The maximum absolute atomic E-state index is 6.92. The third kappa shape index (κ3) is 4.79. The summed E-state index contributed by atoms with van der Waals surface area (Å²) in [5.74, 6) is 1.75. The van der Waals surface area contributed by atoms with Crippen molar-refractivity contribution in [1.29, 1.82) is 0 Å². The summed E-state index contributed by atoms with van der Waals surface area (Å²) in [5, 5.41) is 2.19. The highest BCUT2D eigenvalue weighted by molar-refractivity contribution is 6.04. The van der Waals surface area contributed by atoms with Crippen molar-refractivity contribution in [2.45, 2.75) is 5.41 Å². The standard InChI is InChI=1S/C59H37NO/c1-2-15-38(16-3-1)39-29-32-41(33-30-39)60(42-34-36-43-40(37-42)31-35-49-45-18-5-4-17-44(45)48-21-9-13-28-56(48)61-58(43)49)55-27-14-26-54-57(55)50-22-8-12-25-53(50)59(54)51-23-10-6-19-46(51)47-20-7-11-24-52(47)59/h1-37H. The maximum atomic E-state index is 6.92. The Hall–Kier alpha value is -7.94. The smallest absolute Gasteiger partial charge is 0.143 e. The summed E-state index contributed by atoms with van der Waals surface area (Å²) in [6.45, 7) is 0. The van der Waals surface area contributed by atoms with E-state index in [1.54, 1.807) is 0 Å². The second-order valence-electron chi connectivity index (χ2n) is 16.3. The van der Waals surface area contributed by atoms with Crippen LogP contribution < -0.4 is 9.64 Å². The van der Waals surface area contributed by atoms with Crippen molar-refractivity contribution in [3.05, 3.63) is 247 Å². The molecular weight excluding hydrogens is 739 g/mol. The minimum Gasteiger partial charge on any atom is -0.455 e. The third-order valence-electron chi connectivity index (χ3n) is 13.3. The van der Waals surface area contributed by atoms with E-state index in [0.717, 1.165) is 50.5 Å². The van der Waals surface area contributed by atoms with E-state index in [-0.39, 0.29) is 0 Å². The highest BCUT2D eigenvalue weighted by Gasteiger charge is 2.52. The molecule has 13 rings (SSSR count). The minimum atomic E-state index is -0.442. The van der Waals surface area contributed by atoms with E-state index < -0.39 is 5.41 Å². The van der Waals surface area contributed by atoms with Crippen LogP contribution in [0, 0.1) is 0 Å². The number of hydrogen-bond acceptors (Lipinski definition) is 2. The van der Waals surface area contributed by atoms with Gasteiger partial charge >= 0.3 is 0 Å². The summed E-state index contributed by atoms with van der Waals surface area (Å²) in [7, 11) is 0. The van der Waals surface area contributed by atoms with E-state index in [9.17, 15) is 0 Å². The van der Waals surface area contributed by atoms with Gasteiger partial charge in [0.1, 0.15) is 11.5 Å². The van der Waals surface area contributed by atoms with Gasteiger partial charge in [-0.3, -0.25) is 0 Å². The second-order valence-corrected chi connectivity index (χ2v) is 16.3. The van der Waals surface area contributed by atoms with Gasteiger partial charge in [-0.15, -0.1) is 0 Å². The molecular formula is C59H37NO. The maximum Gasteiger partial charge on any atom is 0.143 e. The lowest BCUT2D eigenvalue weighted by Crippen LogP contribution is -2.26. The summed E-state index contributed by atoms with van der Waals surface area (Å²) in [6.07, 6.45) is 0. The zero-order valence-electron chi connectivity index (χ0n) is 33.2. The Morgan fingerprint density at radius 1 is 0.344 bits per heavy atom. The third-order valence-corrected chi connectivity index (χ3v) is 13.3. The van der Waals surface area contributed by atoms with Crippen LogP contribution >= 0.6 is 0 Å². The van der Waals surface area contributed by atoms with E-state index in [1.165, 1.54) is 66.8 Å². The number of nitrogens with zero attached hydrogens (tertiary/aromatic N) is 1. The van der Waals surface area contributed by atoms with E-state index in [1.807, 2.05) is 0 Å². The van der Waals surface area contributed by atoms with Gasteiger partial charge in [0.2, 0.25) is 0 Å². The molecule has 0 N–H and O–H groups in total. The first-order valence-electron chi connectivity index (χ1n) is 21.1. The topological polar surface area (TPSA) is 12.5 Å². The van der Waals surface area contributed by atoms with Crippen molar-refractivity contribution < 1.29 is 4.74 Å². The molecule has 0 unspecified atom stereocenters. The van der Waals surface area contributed by atoms with Crippen molar-refractivity contribution in [3.63, 3.8) is 0 Å². The SMILES string of the molecule is c1ccc(-c2ccc(N(c3ccc4c5c(ccc4c3)-c3ccccc3-c3ccccc3O5)c3cccc4c3-c3ccccc3C43c4ccccc4-c4ccccc43)cc2)cc1. The van der Waals surface area contributed by atoms with Crippen LogP contribution in [-0.2, 0) is 5.41 Å². The predicted molar refractivity (Wildman–Crippen MR) is 251 cm³/mol. The summed E-state index contributed by atoms with van der Waals surface area (Å²) in [4.78, 5) is 2.47. The molecule has 10 aromatic rings. The number of hydrogen-bond donors (Lipinski definition) is 0. The van der Waals surface area contributed by atoms with Gasteiger partial charge in [-0.2, -0.15) is 0 Å². The fraction of sp³-hybridized carbons (Fsp3) is 0.0169. The average molecular weight is 776 g/mol. The highest BCUT2D eigenvalue weighted by Crippen LogP contribution is 2.64. The van der Waals surface area contributed by atoms with Gasteiger partial charge in [0.05, 0.1) is 11.1 Å². The van der Waals surface area contributed by atoms with Crippen molar-refractivity contribution in [1.82, 2.24) is 0 Å². The molecule has 0 radical (unpaired) electrons. The van der Waals surface area contributed by atoms with Gasteiger partial charge in [0.15, 0.2) is 0 Å². The van der Waals surface area contributed by atoms with Crippen LogP contribution in [-0.4, -0.2) is 0 Å². The van der Waals surface area contributed by atoms with Crippen LogP contribution in [0.25, 0.3) is 66.4 Å². The Balaban J connectivity index is 1.05. The summed E-state index contributed by atoms with van der Waals surface area (Å²) in [6, 6.07) is 82.2. The average Bonchev–Trinajstić information content (AvgIpc) is 3.74. The van der Waals surface area contributed by atoms with Gasteiger partial charge in [-0.05, 0) is 115 Å². The monoisotopic (exact) mass is 775 g/mol. The molecule has 2 aliphatic carbocycles. The number of anilines is 3. The molecule has 0 bridgehead atoms. The van der Waals surface area contributed by atoms with Crippen molar-refractivity contribution in [2.75, 3.05) is 4.90 Å². The molecule has 1 heterocycles. The normalized spacial score (nSPS) is 13.2. The first-order valence-corrected chi connectivity index (χ1v) is 21.1. The van der Waals surface area contributed by atoms with Gasteiger partial charge in [0.25, 0.3) is 0 Å². The molecule has 284 valence electrons. The van der Waals surface area contributed by atoms with Crippen molar-refractivity contribution in [3.8, 4) is 67.1 Å². The van der Waals surface area contributed by atoms with Gasteiger partial charge in [0, 0.05) is 33.5 Å². The molecule has 2 nitrogen and oxygen atoms in total. The van der Waals surface area contributed by atoms with Crippen LogP contribution in [0.4, 0.5) is 17.1 Å². The first kappa shape index (κ1) is 34.0. The first-order chi connectivity index (χ1) is 30.3. The Morgan fingerprint density at radius 2 is 0.885 bits per heavy atom. The molecule has 0 saturated heterocycles. The molecule has 10 aromatic carbocycles. The molecule has 61 heavy (non-hydrogen) atoms. The van der Waals surface area contributed by atoms with Crippen molar-refractivity contribution in [2.24, 2.45) is 0 Å². The number of benzene rings is 10. The molecule has 0 amide bonds. The van der Waals surface area contributed by atoms with E-state index >= 15 is 0 Å². The van der Waals surface area contributed by atoms with Crippen LogP contribution in [0.5, 0.6) is 11.5 Å². The van der Waals surface area contributed by atoms with Crippen LogP contribution in [0.15, 0.2) is 224 Å². The second kappa shape index (κ2) is 13.0. The molecule has 0 saturated carbocycles. The Bertz CT molecular complexity index is 3350. The van der Waals surface area contributed by atoms with Crippen LogP contribution in [0.2, 0.25) is 0 Å². The fourth-order valence-corrected chi connectivity index (χ4v) is 10.8. The quantitative estimate of drug-likeness (QED) is 0.177. The molecule has 0 fully saturated rings. The van der Waals surface area contributed by atoms with Crippen LogP contribution in [0.3, 0.4) is 0 Å². The number of rotatable bonds is 4. The molecule has 3 aliphatic rings. The summed E-state index contributed by atoms with van der Waals surface area (Å²) >= 11 is 0. The summed E-state index contributed by atoms with van der Waals surface area (Å²) in [5.41, 5.74) is 20.3. The van der Waals surface area contributed by atoms with Gasteiger partial charge in [-0.1, -0.05) is 176 Å². The number of ether oxygens (including phenoxy) is 1. The Kier molecular flexibility index (Phi) is 7.26. The summed E-state index contributed by atoms with van der Waals surface area (Å²) < 4.78 is 6.92. The van der Waals surface area contributed by atoms with E-state index in [4.69, 9.17) is 4.74 Å². The molecule has 0 atom stereocenters. The van der Waals surface area contributed by atoms with Crippen molar-refractivity contribution >= 4 is 27.8 Å². The largest absolute Gasteiger partial charge is 0.455 e. The zero-order chi connectivity index (χ0) is 40.1. The lowest BCUT2D eigenvalue weighted by molar-refractivity contribution is 0.493. The molecule has 0 aromatic heterocycles. The molecule has 1 spiro atoms. The van der Waals surface area contributed by atoms with E-state index in [2.05, 4.69) is 229 Å². The Morgan fingerprint density at radius 3 is 1.61 bits per heavy atom. The van der Waals surface area contributed by atoms with Gasteiger partial charge in [-0.25, -0.2) is 0 Å². The highest BCUT2D eigenvalue weighted by atomic mass is 16.5. The zero-order valence-corrected chi connectivity index (χ0v) is 33.2. The number of fused-ring (bicyclic) bond motifs is 17. The minimum absolute atomic E-state index is 0.442. The molecule has 1 aliphatic heterocycles.